The molecule has 1 aromatic rings. The Bertz CT molecular complexity index is 551. The van der Waals surface area contributed by atoms with Crippen molar-refractivity contribution in [3.8, 4) is 5.75 Å². The van der Waals surface area contributed by atoms with Crippen LogP contribution in [-0.2, 0) is 11.3 Å². The lowest BCUT2D eigenvalue weighted by Gasteiger charge is -2.45. The van der Waals surface area contributed by atoms with Crippen molar-refractivity contribution in [1.82, 2.24) is 9.80 Å². The van der Waals surface area contributed by atoms with Crippen LogP contribution in [0.1, 0.15) is 24.8 Å². The fourth-order valence-electron chi connectivity index (χ4n) is 3.93. The molecule has 2 saturated heterocycles. The van der Waals surface area contributed by atoms with Gasteiger partial charge in [0.2, 0.25) is 0 Å². The van der Waals surface area contributed by atoms with E-state index in [0.717, 1.165) is 52.1 Å². The summed E-state index contributed by atoms with van der Waals surface area (Å²) in [6.45, 7) is 5.23. The Balaban J connectivity index is 1.64. The normalized spacial score (nSPS) is 23.7. The van der Waals surface area contributed by atoms with E-state index in [0.29, 0.717) is 23.9 Å². The first-order valence-electron chi connectivity index (χ1n) is 9.20. The van der Waals surface area contributed by atoms with Crippen LogP contribution in [0.3, 0.4) is 0 Å². The molecule has 0 saturated carbocycles. The predicted octanol–water partition coefficient (Wildman–Crippen LogP) is 1.88. The van der Waals surface area contributed by atoms with E-state index < -0.39 is 0 Å². The first kappa shape index (κ1) is 18.6. The highest BCUT2D eigenvalue weighted by atomic mass is 19.1. The van der Waals surface area contributed by atoms with E-state index in [2.05, 4.69) is 9.80 Å². The number of aliphatic hydroxyl groups is 1. The molecule has 6 heteroatoms. The highest BCUT2D eigenvalue weighted by Crippen LogP contribution is 2.24. The van der Waals surface area contributed by atoms with Crippen LogP contribution >= 0.6 is 0 Å². The van der Waals surface area contributed by atoms with Crippen molar-refractivity contribution < 1.29 is 19.0 Å². The van der Waals surface area contributed by atoms with Crippen LogP contribution in [0.25, 0.3) is 0 Å². The quantitative estimate of drug-likeness (QED) is 0.847. The van der Waals surface area contributed by atoms with Gasteiger partial charge >= 0.3 is 0 Å². The maximum atomic E-state index is 14.3. The van der Waals surface area contributed by atoms with Gasteiger partial charge in [0.15, 0.2) is 0 Å². The highest BCUT2D eigenvalue weighted by molar-refractivity contribution is 5.29. The van der Waals surface area contributed by atoms with E-state index >= 15 is 0 Å². The van der Waals surface area contributed by atoms with Gasteiger partial charge in [0.05, 0.1) is 7.11 Å². The Hall–Kier alpha value is -1.21. The third kappa shape index (κ3) is 4.70. The number of benzene rings is 1. The molecule has 1 aromatic carbocycles. The van der Waals surface area contributed by atoms with E-state index in [1.54, 1.807) is 19.2 Å². The van der Waals surface area contributed by atoms with Crippen molar-refractivity contribution in [2.24, 2.45) is 0 Å². The Kier molecular flexibility index (Phi) is 6.64. The van der Waals surface area contributed by atoms with Gasteiger partial charge in [-0.3, -0.25) is 9.80 Å². The number of hydrogen-bond acceptors (Lipinski definition) is 5. The molecule has 2 heterocycles. The van der Waals surface area contributed by atoms with Crippen LogP contribution in [0, 0.1) is 5.82 Å². The smallest absolute Gasteiger partial charge is 0.131 e. The van der Waals surface area contributed by atoms with Crippen molar-refractivity contribution in [3.63, 3.8) is 0 Å². The van der Waals surface area contributed by atoms with Crippen molar-refractivity contribution in [2.75, 3.05) is 46.6 Å². The van der Waals surface area contributed by atoms with E-state index in [4.69, 9.17) is 9.47 Å². The minimum Gasteiger partial charge on any atom is -0.497 e. The molecule has 25 heavy (non-hydrogen) atoms. The van der Waals surface area contributed by atoms with Crippen LogP contribution in [-0.4, -0.2) is 73.6 Å². The SMILES string of the molecule is COc1ccc(CN2CCN(C3CCOCC3)C[C@@H]2CCO)c(F)c1. The first-order valence-corrected chi connectivity index (χ1v) is 9.20. The fourth-order valence-corrected chi connectivity index (χ4v) is 3.93. The van der Waals surface area contributed by atoms with Gasteiger partial charge < -0.3 is 14.6 Å². The number of nitrogens with zero attached hydrogens (tertiary/aromatic N) is 2. The summed E-state index contributed by atoms with van der Waals surface area (Å²) in [5.74, 6) is 0.312. The van der Waals surface area contributed by atoms with Gasteiger partial charge in [-0.1, -0.05) is 6.07 Å². The van der Waals surface area contributed by atoms with Crippen molar-refractivity contribution in [3.05, 3.63) is 29.6 Å². The minimum atomic E-state index is -0.228. The van der Waals surface area contributed by atoms with Crippen LogP contribution in [0.15, 0.2) is 18.2 Å². The number of aliphatic hydroxyl groups excluding tert-OH is 1. The van der Waals surface area contributed by atoms with E-state index in [9.17, 15) is 9.50 Å². The molecule has 1 atom stereocenters. The van der Waals surface area contributed by atoms with Crippen molar-refractivity contribution >= 4 is 0 Å². The van der Waals surface area contributed by atoms with Crippen LogP contribution in [0.2, 0.25) is 0 Å². The van der Waals surface area contributed by atoms with Gasteiger partial charge in [0.25, 0.3) is 0 Å². The Morgan fingerprint density at radius 1 is 1.28 bits per heavy atom. The highest BCUT2D eigenvalue weighted by Gasteiger charge is 2.31. The molecule has 0 radical (unpaired) electrons. The maximum absolute atomic E-state index is 14.3. The average molecular weight is 352 g/mol. The van der Waals surface area contributed by atoms with E-state index in [1.165, 1.54) is 6.07 Å². The second kappa shape index (κ2) is 8.94. The molecule has 2 aliphatic rings. The predicted molar refractivity (Wildman–Crippen MR) is 94.3 cm³/mol. The molecule has 140 valence electrons. The minimum absolute atomic E-state index is 0.161. The Morgan fingerprint density at radius 2 is 2.08 bits per heavy atom. The average Bonchev–Trinajstić information content (AvgIpc) is 2.65. The fraction of sp³-hybridized carbons (Fsp3) is 0.684. The summed E-state index contributed by atoms with van der Waals surface area (Å²) in [5.41, 5.74) is 0.684. The van der Waals surface area contributed by atoms with Crippen LogP contribution in [0.5, 0.6) is 5.75 Å². The molecule has 0 spiro atoms. The molecular formula is C19H29FN2O3. The summed E-state index contributed by atoms with van der Waals surface area (Å²) < 4.78 is 24.8. The molecule has 2 aliphatic heterocycles. The molecule has 0 amide bonds. The lowest BCUT2D eigenvalue weighted by molar-refractivity contribution is -0.0119. The number of hydrogen-bond donors (Lipinski definition) is 1. The lowest BCUT2D eigenvalue weighted by atomic mass is 10.0. The summed E-state index contributed by atoms with van der Waals surface area (Å²) >= 11 is 0. The number of halogens is 1. The summed E-state index contributed by atoms with van der Waals surface area (Å²) in [6.07, 6.45) is 2.88. The zero-order valence-corrected chi connectivity index (χ0v) is 15.0. The van der Waals surface area contributed by atoms with Gasteiger partial charge in [-0.25, -0.2) is 4.39 Å². The molecule has 0 bridgehead atoms. The van der Waals surface area contributed by atoms with E-state index in [-0.39, 0.29) is 18.5 Å². The monoisotopic (exact) mass is 352 g/mol. The second-order valence-corrected chi connectivity index (χ2v) is 6.93. The molecule has 0 aliphatic carbocycles. The van der Waals surface area contributed by atoms with Crippen molar-refractivity contribution in [2.45, 2.75) is 37.9 Å². The Morgan fingerprint density at radius 3 is 2.76 bits per heavy atom. The Labute approximate surface area is 149 Å². The van der Waals surface area contributed by atoms with Gasteiger partial charge in [-0.05, 0) is 25.3 Å². The first-order chi connectivity index (χ1) is 12.2. The third-order valence-corrected chi connectivity index (χ3v) is 5.44. The van der Waals surface area contributed by atoms with Gasteiger partial charge in [-0.2, -0.15) is 0 Å². The van der Waals surface area contributed by atoms with Crippen LogP contribution < -0.4 is 4.74 Å². The zero-order valence-electron chi connectivity index (χ0n) is 15.0. The van der Waals surface area contributed by atoms with Gasteiger partial charge in [-0.15, -0.1) is 0 Å². The number of ether oxygens (including phenoxy) is 2. The zero-order chi connectivity index (χ0) is 17.6. The topological polar surface area (TPSA) is 45.2 Å². The van der Waals surface area contributed by atoms with Gasteiger partial charge in [0, 0.05) is 69.7 Å². The lowest BCUT2D eigenvalue weighted by Crippen LogP contribution is -2.56. The summed E-state index contributed by atoms with van der Waals surface area (Å²) in [4.78, 5) is 4.83. The second-order valence-electron chi connectivity index (χ2n) is 6.93. The van der Waals surface area contributed by atoms with Gasteiger partial charge in [0.1, 0.15) is 11.6 Å². The van der Waals surface area contributed by atoms with Crippen LogP contribution in [0.4, 0.5) is 4.39 Å². The molecule has 5 nitrogen and oxygen atoms in total. The number of piperazine rings is 1. The third-order valence-electron chi connectivity index (χ3n) is 5.44. The summed E-state index contributed by atoms with van der Waals surface area (Å²) in [7, 11) is 1.54. The molecule has 1 N–H and O–H groups in total. The summed E-state index contributed by atoms with van der Waals surface area (Å²) in [6, 6.07) is 5.87. The molecule has 0 aromatic heterocycles. The largest absolute Gasteiger partial charge is 0.497 e. The maximum Gasteiger partial charge on any atom is 0.131 e. The molecule has 2 fully saturated rings. The molecule has 3 rings (SSSR count). The van der Waals surface area contributed by atoms with Crippen molar-refractivity contribution in [1.29, 1.82) is 0 Å². The number of methoxy groups -OCH3 is 1. The van der Waals surface area contributed by atoms with E-state index in [1.807, 2.05) is 0 Å². The summed E-state index contributed by atoms with van der Waals surface area (Å²) in [5, 5.41) is 9.47. The molecular weight excluding hydrogens is 323 g/mol. The molecule has 0 unspecified atom stereocenters. The number of rotatable bonds is 6. The standard InChI is InChI=1S/C19H29FN2O3/c1-24-18-3-2-15(19(20)12-18)13-21-7-8-22(14-17(21)4-9-23)16-5-10-25-11-6-16/h2-3,12,16-17,23H,4-11,13-14H2,1H3/t17-/m0/s1.